The van der Waals surface area contributed by atoms with Gasteiger partial charge in [0.25, 0.3) is 0 Å². The van der Waals surface area contributed by atoms with E-state index in [9.17, 15) is 4.79 Å². The Morgan fingerprint density at radius 3 is 2.54 bits per heavy atom. The fraction of sp³-hybridized carbons (Fsp3) is 0.650. The third kappa shape index (κ3) is 5.05. The largest absolute Gasteiger partial charge is 0.380 e. The number of hydrogen-bond donors (Lipinski definition) is 1. The molecular formula is C20H32N2O2. The van der Waals surface area contributed by atoms with Gasteiger partial charge in [-0.2, -0.15) is 0 Å². The molecule has 2 rings (SSSR count). The smallest absolute Gasteiger partial charge is 0.225 e. The van der Waals surface area contributed by atoms with Crippen LogP contribution in [0.5, 0.6) is 0 Å². The molecule has 0 bridgehead atoms. The highest BCUT2D eigenvalue weighted by Crippen LogP contribution is 2.22. The van der Waals surface area contributed by atoms with E-state index < -0.39 is 0 Å². The van der Waals surface area contributed by atoms with Crippen molar-refractivity contribution in [2.75, 3.05) is 20.2 Å². The summed E-state index contributed by atoms with van der Waals surface area (Å²) in [5, 5.41) is 3.71. The Morgan fingerprint density at radius 1 is 1.29 bits per heavy atom. The maximum absolute atomic E-state index is 12.2. The van der Waals surface area contributed by atoms with Gasteiger partial charge in [0.15, 0.2) is 0 Å². The van der Waals surface area contributed by atoms with Crippen molar-refractivity contribution in [3.8, 4) is 0 Å². The summed E-state index contributed by atoms with van der Waals surface area (Å²) in [6.07, 6.45) is 2.14. The van der Waals surface area contributed by atoms with Gasteiger partial charge in [0.2, 0.25) is 5.91 Å². The van der Waals surface area contributed by atoms with Gasteiger partial charge < -0.3 is 15.0 Å². The summed E-state index contributed by atoms with van der Waals surface area (Å²) in [7, 11) is 1.72. The van der Waals surface area contributed by atoms with Gasteiger partial charge in [-0.3, -0.25) is 4.79 Å². The number of rotatable bonds is 7. The third-order valence-corrected chi connectivity index (χ3v) is 4.97. The normalized spacial score (nSPS) is 21.3. The molecule has 1 N–H and O–H groups in total. The van der Waals surface area contributed by atoms with Crippen LogP contribution >= 0.6 is 0 Å². The van der Waals surface area contributed by atoms with Gasteiger partial charge in [-0.1, -0.05) is 51.5 Å². The number of nitrogens with zero attached hydrogens (tertiary/aromatic N) is 1. The van der Waals surface area contributed by atoms with Gasteiger partial charge in [-0.05, 0) is 23.5 Å². The van der Waals surface area contributed by atoms with Crippen molar-refractivity contribution in [3.63, 3.8) is 0 Å². The van der Waals surface area contributed by atoms with E-state index in [1.54, 1.807) is 7.11 Å². The monoisotopic (exact) mass is 332 g/mol. The summed E-state index contributed by atoms with van der Waals surface area (Å²) in [6, 6.07) is 9.08. The second-order valence-electron chi connectivity index (χ2n) is 7.13. The number of ether oxygens (including phenoxy) is 1. The summed E-state index contributed by atoms with van der Waals surface area (Å²) in [6.45, 7) is 9.50. The van der Waals surface area contributed by atoms with Crippen LogP contribution in [0.2, 0.25) is 0 Å². The second-order valence-corrected chi connectivity index (χ2v) is 7.13. The number of carbonyl (C=O) groups is 1. The predicted octanol–water partition coefficient (Wildman–Crippen LogP) is 3.21. The van der Waals surface area contributed by atoms with Gasteiger partial charge in [0.1, 0.15) is 0 Å². The Labute approximate surface area is 146 Å². The minimum absolute atomic E-state index is 0.0950. The van der Waals surface area contributed by atoms with Gasteiger partial charge in [-0.25, -0.2) is 0 Å². The van der Waals surface area contributed by atoms with E-state index in [-0.39, 0.29) is 5.92 Å². The van der Waals surface area contributed by atoms with Crippen molar-refractivity contribution >= 4 is 5.91 Å². The Kier molecular flexibility index (Phi) is 7.25. The molecule has 0 saturated carbocycles. The number of likely N-dealkylation sites (tertiary alicyclic amines) is 1. The molecule has 4 nitrogen and oxygen atoms in total. The SMILES string of the molecule is CC[C@H]1CN(C(=O)C(C)C)CC[C@H]1NCc1ccc(COC)cc1. The Balaban J connectivity index is 1.87. The Morgan fingerprint density at radius 2 is 1.96 bits per heavy atom. The molecule has 134 valence electrons. The third-order valence-electron chi connectivity index (χ3n) is 4.97. The van der Waals surface area contributed by atoms with Crippen molar-refractivity contribution in [2.45, 2.75) is 52.8 Å². The van der Waals surface area contributed by atoms with E-state index in [0.717, 1.165) is 32.5 Å². The zero-order valence-electron chi connectivity index (χ0n) is 15.5. The standard InChI is InChI=1S/C20H32N2O2/c1-5-18-13-22(20(23)15(2)3)11-10-19(18)21-12-16-6-8-17(9-7-16)14-24-4/h6-9,15,18-19,21H,5,10-14H2,1-4H3/t18-,19+/m0/s1. The van der Waals surface area contributed by atoms with Gasteiger partial charge >= 0.3 is 0 Å². The molecule has 0 radical (unpaired) electrons. The average molecular weight is 332 g/mol. The minimum Gasteiger partial charge on any atom is -0.380 e. The van der Waals surface area contributed by atoms with Gasteiger partial charge in [-0.15, -0.1) is 0 Å². The molecule has 24 heavy (non-hydrogen) atoms. The topological polar surface area (TPSA) is 41.6 Å². The lowest BCUT2D eigenvalue weighted by atomic mass is 9.89. The number of nitrogens with one attached hydrogen (secondary N) is 1. The van der Waals surface area contributed by atoms with E-state index in [2.05, 4.69) is 41.4 Å². The van der Waals surface area contributed by atoms with Crippen LogP contribution in [-0.2, 0) is 22.7 Å². The van der Waals surface area contributed by atoms with Crippen molar-refractivity contribution in [1.82, 2.24) is 10.2 Å². The predicted molar refractivity (Wildman–Crippen MR) is 97.6 cm³/mol. The first-order valence-electron chi connectivity index (χ1n) is 9.14. The molecule has 0 aromatic heterocycles. The number of hydrogen-bond acceptors (Lipinski definition) is 3. The zero-order valence-corrected chi connectivity index (χ0v) is 15.5. The lowest BCUT2D eigenvalue weighted by molar-refractivity contribution is -0.136. The average Bonchev–Trinajstić information content (AvgIpc) is 2.60. The second kappa shape index (κ2) is 9.19. The molecule has 1 aliphatic rings. The summed E-state index contributed by atoms with van der Waals surface area (Å²) in [4.78, 5) is 14.3. The van der Waals surface area contributed by atoms with Crippen LogP contribution < -0.4 is 5.32 Å². The van der Waals surface area contributed by atoms with Crippen LogP contribution in [0.1, 0.15) is 44.7 Å². The first kappa shape index (κ1) is 18.9. The van der Waals surface area contributed by atoms with Crippen LogP contribution in [0.15, 0.2) is 24.3 Å². The quantitative estimate of drug-likeness (QED) is 0.834. The Hall–Kier alpha value is -1.39. The fourth-order valence-electron chi connectivity index (χ4n) is 3.45. The van der Waals surface area contributed by atoms with Crippen molar-refractivity contribution in [1.29, 1.82) is 0 Å². The number of methoxy groups -OCH3 is 1. The van der Waals surface area contributed by atoms with Gasteiger partial charge in [0.05, 0.1) is 6.61 Å². The molecule has 1 fully saturated rings. The van der Waals surface area contributed by atoms with Crippen LogP contribution in [0, 0.1) is 11.8 Å². The molecule has 1 saturated heterocycles. The highest BCUT2D eigenvalue weighted by Gasteiger charge is 2.30. The molecule has 2 atom stereocenters. The maximum Gasteiger partial charge on any atom is 0.225 e. The van der Waals surface area contributed by atoms with E-state index in [4.69, 9.17) is 4.74 Å². The molecule has 1 aromatic rings. The maximum atomic E-state index is 12.2. The molecule has 1 aliphatic heterocycles. The van der Waals surface area contributed by atoms with E-state index in [1.807, 2.05) is 13.8 Å². The molecule has 1 heterocycles. The van der Waals surface area contributed by atoms with Crippen LogP contribution in [0.4, 0.5) is 0 Å². The van der Waals surface area contributed by atoms with E-state index >= 15 is 0 Å². The number of carbonyl (C=O) groups excluding carboxylic acids is 1. The summed E-state index contributed by atoms with van der Waals surface area (Å²) < 4.78 is 5.15. The van der Waals surface area contributed by atoms with E-state index in [1.165, 1.54) is 11.1 Å². The lowest BCUT2D eigenvalue weighted by Crippen LogP contribution is -2.51. The molecule has 0 aliphatic carbocycles. The summed E-state index contributed by atoms with van der Waals surface area (Å²) >= 11 is 0. The zero-order chi connectivity index (χ0) is 17.5. The van der Waals surface area contributed by atoms with Crippen molar-refractivity contribution in [2.24, 2.45) is 11.8 Å². The highest BCUT2D eigenvalue weighted by molar-refractivity contribution is 5.78. The molecule has 0 spiro atoms. The van der Waals surface area contributed by atoms with Crippen molar-refractivity contribution in [3.05, 3.63) is 35.4 Å². The first-order chi connectivity index (χ1) is 11.5. The molecule has 0 unspecified atom stereocenters. The minimum atomic E-state index is 0.0950. The fourth-order valence-corrected chi connectivity index (χ4v) is 3.45. The number of benzene rings is 1. The van der Waals surface area contributed by atoms with Gasteiger partial charge in [0, 0.05) is 38.7 Å². The first-order valence-corrected chi connectivity index (χ1v) is 9.14. The lowest BCUT2D eigenvalue weighted by Gasteiger charge is -2.39. The van der Waals surface area contributed by atoms with Crippen LogP contribution in [0.3, 0.4) is 0 Å². The summed E-state index contributed by atoms with van der Waals surface area (Å²) in [5.74, 6) is 0.924. The van der Waals surface area contributed by atoms with Crippen molar-refractivity contribution < 1.29 is 9.53 Å². The number of piperidine rings is 1. The molecule has 1 aromatic carbocycles. The number of amides is 1. The van der Waals surface area contributed by atoms with Crippen LogP contribution in [-0.4, -0.2) is 37.0 Å². The van der Waals surface area contributed by atoms with E-state index in [0.29, 0.717) is 24.5 Å². The van der Waals surface area contributed by atoms with Crippen LogP contribution in [0.25, 0.3) is 0 Å². The summed E-state index contributed by atoms with van der Waals surface area (Å²) in [5.41, 5.74) is 2.50. The highest BCUT2D eigenvalue weighted by atomic mass is 16.5. The molecular weight excluding hydrogens is 300 g/mol. The molecule has 1 amide bonds. The Bertz CT molecular complexity index is 513. The molecule has 4 heteroatoms.